The van der Waals surface area contributed by atoms with E-state index >= 15 is 0 Å². The highest BCUT2D eigenvalue weighted by molar-refractivity contribution is 6.03. The maximum absolute atomic E-state index is 11.9. The zero-order valence-corrected chi connectivity index (χ0v) is 10.5. The fraction of sp³-hybridized carbons (Fsp3) is 0.429. The Bertz CT molecular complexity index is 440. The average Bonchev–Trinajstić information content (AvgIpc) is 2.62. The molecule has 0 spiro atoms. The number of esters is 1. The summed E-state index contributed by atoms with van der Waals surface area (Å²) in [5.41, 5.74) is 0.901. The largest absolute Gasteiger partial charge is 0.460 e. The number of hydrogen-bond donors (Lipinski definition) is 0. The number of ether oxygens (including phenoxy) is 2. The summed E-state index contributed by atoms with van der Waals surface area (Å²) in [6, 6.07) is 9.37. The van der Waals surface area contributed by atoms with E-state index in [1.54, 1.807) is 13.8 Å². The summed E-state index contributed by atoms with van der Waals surface area (Å²) in [7, 11) is 0. The molecular weight excluding hydrogens is 232 g/mol. The molecule has 0 saturated carbocycles. The Hall–Kier alpha value is -1.68. The molecule has 4 nitrogen and oxygen atoms in total. The Morgan fingerprint density at radius 2 is 1.94 bits per heavy atom. The first-order valence-corrected chi connectivity index (χ1v) is 5.99. The van der Waals surface area contributed by atoms with Crippen LogP contribution in [-0.2, 0) is 25.7 Å². The highest BCUT2D eigenvalue weighted by Crippen LogP contribution is 2.24. The van der Waals surface area contributed by atoms with Crippen molar-refractivity contribution in [3.8, 4) is 0 Å². The summed E-state index contributed by atoms with van der Waals surface area (Å²) in [5, 5.41) is 0. The normalized spacial score (nSPS) is 27.2. The lowest BCUT2D eigenvalue weighted by Gasteiger charge is -2.11. The second-order valence-electron chi connectivity index (χ2n) is 4.46. The Morgan fingerprint density at radius 1 is 1.28 bits per heavy atom. The first-order valence-electron chi connectivity index (χ1n) is 5.99. The summed E-state index contributed by atoms with van der Waals surface area (Å²) in [4.78, 5) is 23.6. The summed E-state index contributed by atoms with van der Waals surface area (Å²) < 4.78 is 10.5. The van der Waals surface area contributed by atoms with Gasteiger partial charge in [-0.05, 0) is 19.4 Å². The molecule has 0 bridgehead atoms. The van der Waals surface area contributed by atoms with Gasteiger partial charge in [-0.3, -0.25) is 9.59 Å². The van der Waals surface area contributed by atoms with Crippen molar-refractivity contribution >= 4 is 11.8 Å². The molecule has 1 aromatic carbocycles. The van der Waals surface area contributed by atoms with Crippen LogP contribution in [0.25, 0.3) is 0 Å². The number of carbonyl (C=O) groups excluding carboxylic acids is 2. The predicted octanol–water partition coefficient (Wildman–Crippen LogP) is 1.72. The van der Waals surface area contributed by atoms with Crippen LogP contribution in [0.3, 0.4) is 0 Å². The molecule has 0 radical (unpaired) electrons. The molecule has 2 rings (SSSR count). The maximum Gasteiger partial charge on any atom is 0.319 e. The van der Waals surface area contributed by atoms with Crippen LogP contribution in [-0.4, -0.2) is 24.0 Å². The standard InChI is InChI=1S/C14H16O4/c1-9-12(13(15)10(2)18-9)14(16)17-8-11-6-4-3-5-7-11/h3-7,9-10,12H,8H2,1-2H3. The first-order chi connectivity index (χ1) is 8.59. The quantitative estimate of drug-likeness (QED) is 0.603. The Morgan fingerprint density at radius 3 is 2.50 bits per heavy atom. The van der Waals surface area contributed by atoms with E-state index < -0.39 is 24.1 Å². The van der Waals surface area contributed by atoms with E-state index in [1.807, 2.05) is 30.3 Å². The molecule has 1 fully saturated rings. The molecule has 1 aliphatic rings. The Balaban J connectivity index is 1.94. The van der Waals surface area contributed by atoms with E-state index in [0.29, 0.717) is 0 Å². The summed E-state index contributed by atoms with van der Waals surface area (Å²) in [6.45, 7) is 3.56. The van der Waals surface area contributed by atoms with Crippen LogP contribution in [0.1, 0.15) is 19.4 Å². The van der Waals surface area contributed by atoms with Gasteiger partial charge in [0.05, 0.1) is 6.10 Å². The smallest absolute Gasteiger partial charge is 0.319 e. The lowest BCUT2D eigenvalue weighted by Crippen LogP contribution is -2.30. The van der Waals surface area contributed by atoms with Crippen molar-refractivity contribution < 1.29 is 19.1 Å². The molecule has 1 heterocycles. The molecule has 3 unspecified atom stereocenters. The van der Waals surface area contributed by atoms with Crippen molar-refractivity contribution in [2.45, 2.75) is 32.7 Å². The summed E-state index contributed by atoms with van der Waals surface area (Å²) >= 11 is 0. The molecule has 0 N–H and O–H groups in total. The lowest BCUT2D eigenvalue weighted by molar-refractivity contribution is -0.153. The van der Waals surface area contributed by atoms with Gasteiger partial charge in [-0.15, -0.1) is 0 Å². The van der Waals surface area contributed by atoms with E-state index in [1.165, 1.54) is 0 Å². The van der Waals surface area contributed by atoms with Gasteiger partial charge < -0.3 is 9.47 Å². The molecule has 3 atom stereocenters. The van der Waals surface area contributed by atoms with Gasteiger partial charge in [-0.2, -0.15) is 0 Å². The molecule has 0 aliphatic carbocycles. The molecular formula is C14H16O4. The molecule has 4 heteroatoms. The van der Waals surface area contributed by atoms with Crippen molar-refractivity contribution in [3.05, 3.63) is 35.9 Å². The van der Waals surface area contributed by atoms with E-state index in [-0.39, 0.29) is 12.4 Å². The number of rotatable bonds is 3. The van der Waals surface area contributed by atoms with Crippen LogP contribution in [0.15, 0.2) is 30.3 Å². The van der Waals surface area contributed by atoms with Crippen LogP contribution >= 0.6 is 0 Å². The van der Waals surface area contributed by atoms with Crippen LogP contribution in [0, 0.1) is 5.92 Å². The Labute approximate surface area is 106 Å². The van der Waals surface area contributed by atoms with Gasteiger partial charge in [0.25, 0.3) is 0 Å². The number of benzene rings is 1. The van der Waals surface area contributed by atoms with Crippen LogP contribution in [0.2, 0.25) is 0 Å². The summed E-state index contributed by atoms with van der Waals surface area (Å²) in [5.74, 6) is -1.48. The summed E-state index contributed by atoms with van der Waals surface area (Å²) in [6.07, 6.45) is -0.926. The molecule has 1 aromatic rings. The molecule has 1 aliphatic heterocycles. The highest BCUT2D eigenvalue weighted by Gasteiger charge is 2.44. The van der Waals surface area contributed by atoms with Crippen LogP contribution < -0.4 is 0 Å². The average molecular weight is 248 g/mol. The van der Waals surface area contributed by atoms with Gasteiger partial charge in [-0.1, -0.05) is 30.3 Å². The highest BCUT2D eigenvalue weighted by atomic mass is 16.5. The molecule has 96 valence electrons. The molecule has 1 saturated heterocycles. The zero-order chi connectivity index (χ0) is 13.1. The van der Waals surface area contributed by atoms with Gasteiger partial charge in [0.2, 0.25) is 0 Å². The topological polar surface area (TPSA) is 52.6 Å². The first kappa shape index (κ1) is 12.8. The van der Waals surface area contributed by atoms with E-state index in [0.717, 1.165) is 5.56 Å². The second-order valence-corrected chi connectivity index (χ2v) is 4.46. The minimum Gasteiger partial charge on any atom is -0.460 e. The van der Waals surface area contributed by atoms with Crippen molar-refractivity contribution in [2.24, 2.45) is 5.92 Å². The van der Waals surface area contributed by atoms with E-state index in [9.17, 15) is 9.59 Å². The number of hydrogen-bond acceptors (Lipinski definition) is 4. The molecule has 0 amide bonds. The van der Waals surface area contributed by atoms with Crippen LogP contribution in [0.4, 0.5) is 0 Å². The lowest BCUT2D eigenvalue weighted by atomic mass is 9.99. The van der Waals surface area contributed by atoms with Gasteiger partial charge in [-0.25, -0.2) is 0 Å². The van der Waals surface area contributed by atoms with Crippen molar-refractivity contribution in [2.75, 3.05) is 0 Å². The zero-order valence-electron chi connectivity index (χ0n) is 10.5. The number of ketones is 1. The van der Waals surface area contributed by atoms with Crippen LogP contribution in [0.5, 0.6) is 0 Å². The fourth-order valence-corrected chi connectivity index (χ4v) is 2.08. The number of Topliss-reactive ketones (excluding diaryl/α,β-unsaturated/α-hetero) is 1. The second kappa shape index (κ2) is 5.31. The van der Waals surface area contributed by atoms with Crippen molar-refractivity contribution in [1.82, 2.24) is 0 Å². The monoisotopic (exact) mass is 248 g/mol. The van der Waals surface area contributed by atoms with Crippen molar-refractivity contribution in [1.29, 1.82) is 0 Å². The Kier molecular flexibility index (Phi) is 3.77. The fourth-order valence-electron chi connectivity index (χ4n) is 2.08. The third-order valence-electron chi connectivity index (χ3n) is 3.07. The molecule has 18 heavy (non-hydrogen) atoms. The minimum atomic E-state index is -0.788. The van der Waals surface area contributed by atoms with Crippen molar-refractivity contribution in [3.63, 3.8) is 0 Å². The predicted molar refractivity (Wildman–Crippen MR) is 64.7 cm³/mol. The third kappa shape index (κ3) is 2.59. The third-order valence-corrected chi connectivity index (χ3v) is 3.07. The SMILES string of the molecule is CC1OC(C)C(C(=O)OCc2ccccc2)C1=O. The minimum absolute atomic E-state index is 0.185. The van der Waals surface area contributed by atoms with E-state index in [2.05, 4.69) is 0 Å². The van der Waals surface area contributed by atoms with Gasteiger partial charge in [0.1, 0.15) is 18.6 Å². The number of carbonyl (C=O) groups is 2. The van der Waals surface area contributed by atoms with Gasteiger partial charge in [0, 0.05) is 0 Å². The molecule has 0 aromatic heterocycles. The van der Waals surface area contributed by atoms with Gasteiger partial charge in [0.15, 0.2) is 5.78 Å². The maximum atomic E-state index is 11.9. The van der Waals surface area contributed by atoms with E-state index in [4.69, 9.17) is 9.47 Å². The van der Waals surface area contributed by atoms with Gasteiger partial charge >= 0.3 is 5.97 Å².